The second kappa shape index (κ2) is 42.3. The summed E-state index contributed by atoms with van der Waals surface area (Å²) in [7, 11) is 0. The molecule has 5 aliphatic heterocycles. The summed E-state index contributed by atoms with van der Waals surface area (Å²) in [5, 5.41) is 39.4. The van der Waals surface area contributed by atoms with Crippen LogP contribution in [0.1, 0.15) is 86.1 Å². The Morgan fingerprint density at radius 3 is 1.03 bits per heavy atom. The van der Waals surface area contributed by atoms with E-state index in [9.17, 15) is 24.9 Å². The number of aliphatic hydroxyl groups excluding tert-OH is 3. The minimum absolute atomic E-state index is 0.00403. The smallest absolute Gasteiger partial charge is 0.303 e. The average molecular weight is 1580 g/mol. The molecule has 4 N–H and O–H groups in total. The molecule has 10 unspecified atom stereocenters. The minimum Gasteiger partial charge on any atom is -0.454 e. The predicted octanol–water partition coefficient (Wildman–Crippen LogP) is 10.7. The highest BCUT2D eigenvalue weighted by Gasteiger charge is 2.59. The molecule has 0 aromatic heterocycles. The van der Waals surface area contributed by atoms with Gasteiger partial charge in [0.2, 0.25) is 5.91 Å². The lowest BCUT2D eigenvalue weighted by molar-refractivity contribution is -0.404. The van der Waals surface area contributed by atoms with Crippen LogP contribution in [0.3, 0.4) is 0 Å². The van der Waals surface area contributed by atoms with Crippen molar-refractivity contribution >= 4 is 11.9 Å². The number of ether oxygens (including phenoxy) is 18. The second-order valence-electron chi connectivity index (χ2n) is 29.7. The second-order valence-corrected chi connectivity index (χ2v) is 29.7. The third-order valence-corrected chi connectivity index (χ3v) is 21.2. The fourth-order valence-electron chi connectivity index (χ4n) is 15.3. The molecule has 1 amide bonds. The molecule has 24 nitrogen and oxygen atoms in total. The van der Waals surface area contributed by atoms with Crippen LogP contribution >= 0.6 is 0 Å². The highest BCUT2D eigenvalue weighted by Crippen LogP contribution is 2.42. The van der Waals surface area contributed by atoms with Gasteiger partial charge < -0.3 is 106 Å². The molecule has 8 aromatic carbocycles. The molecule has 5 saturated heterocycles. The maximum Gasteiger partial charge on any atom is 0.303 e. The molecular weight excluding hydrogens is 1470 g/mol. The zero-order chi connectivity index (χ0) is 80.0. The summed E-state index contributed by atoms with van der Waals surface area (Å²) in [6.45, 7) is 9.70. The van der Waals surface area contributed by atoms with Gasteiger partial charge in [0.05, 0.1) is 96.5 Å². The van der Waals surface area contributed by atoms with Crippen molar-refractivity contribution in [2.75, 3.05) is 13.2 Å². The summed E-state index contributed by atoms with van der Waals surface area (Å²) >= 11 is 0. The van der Waals surface area contributed by atoms with Crippen molar-refractivity contribution in [1.82, 2.24) is 5.32 Å². The molecule has 0 bridgehead atoms. The topological polar surface area (TPSA) is 273 Å². The van der Waals surface area contributed by atoms with Gasteiger partial charge in [-0.15, -0.1) is 0 Å². The van der Waals surface area contributed by atoms with E-state index in [0.29, 0.717) is 0 Å². The lowest BCUT2D eigenvalue weighted by atomic mass is 9.92. The van der Waals surface area contributed by atoms with Gasteiger partial charge in [0.15, 0.2) is 31.3 Å². The van der Waals surface area contributed by atoms with Crippen molar-refractivity contribution < 1.29 is 110 Å². The van der Waals surface area contributed by atoms with E-state index >= 15 is 0 Å². The van der Waals surface area contributed by atoms with Crippen molar-refractivity contribution in [1.29, 1.82) is 0 Å². The molecule has 0 saturated carbocycles. The van der Waals surface area contributed by atoms with Crippen LogP contribution in [0.15, 0.2) is 243 Å². The summed E-state index contributed by atoms with van der Waals surface area (Å²) in [6.07, 6.45) is -29.8. The van der Waals surface area contributed by atoms with Crippen molar-refractivity contribution in [3.8, 4) is 0 Å². The maximum atomic E-state index is 13.9. The number of nitrogens with one attached hydrogen (secondary N) is 1. The molecule has 25 atom stereocenters. The summed E-state index contributed by atoms with van der Waals surface area (Å²) < 4.78 is 126. The Morgan fingerprint density at radius 1 is 0.313 bits per heavy atom. The molecule has 13 rings (SSSR count). The summed E-state index contributed by atoms with van der Waals surface area (Å²) in [5.74, 6) is -1.24. The first-order valence-electron chi connectivity index (χ1n) is 39.6. The van der Waals surface area contributed by atoms with Crippen molar-refractivity contribution in [2.45, 2.75) is 248 Å². The fraction of sp³-hybridized carbons (Fsp3) is 0.451. The molecule has 5 fully saturated rings. The van der Waals surface area contributed by atoms with Crippen LogP contribution in [0.25, 0.3) is 0 Å². The Morgan fingerprint density at radius 2 is 0.626 bits per heavy atom. The standard InChI is InChI=1S/C91H107NO23/c1-57-73(92-61(5)94)80(74(96)71(47-93)106-57)112-91-87(110-62(6)95)84(78(60(4)109-91)101-51-66-37-21-10-22-38-66)114-90-86(82(103-53-68-41-25-12-26-42-68)77(59(3)108-90)100-50-65-35-19-9-20-36-65)115-88-75(97)81(76(58(2)107-88)99-49-64-33-17-8-18-34-64)113-89-85(105-55-70-45-29-14-30-46-70)83(104-54-69-43-27-13-28-44-69)79(102-52-67-39-23-11-24-40-67)72(111-89)56-98-48-63-31-15-7-16-32-63/h7-46,57-60,71-91,93,96-97H,47-56H2,1-6H3,(H,92,94)/t57-,58?,59?,60?,71?,72+,73?,74-,75?,76-,77-,78-,79+,80+,81-,82+,83?,84+,85?,86?,87?,88-,89+,90-,91-/m0/s1. The molecule has 0 aliphatic carbocycles. The summed E-state index contributed by atoms with van der Waals surface area (Å²) in [5.41, 5.74) is 6.81. The van der Waals surface area contributed by atoms with Gasteiger partial charge in [-0.1, -0.05) is 243 Å². The molecule has 5 aliphatic rings. The molecule has 5 heterocycles. The Hall–Kier alpha value is -8.10. The molecule has 0 spiro atoms. The number of carbonyl (C=O) groups is 2. The Labute approximate surface area is 672 Å². The number of amides is 1. The van der Waals surface area contributed by atoms with Crippen LogP contribution in [0.4, 0.5) is 0 Å². The maximum absolute atomic E-state index is 13.9. The molecule has 614 valence electrons. The number of carbonyl (C=O) groups excluding carboxylic acids is 2. The largest absolute Gasteiger partial charge is 0.454 e. The summed E-state index contributed by atoms with van der Waals surface area (Å²) in [6, 6.07) is 76.4. The molecule has 8 aromatic rings. The van der Waals surface area contributed by atoms with Crippen LogP contribution in [-0.2, 0) is 148 Å². The monoisotopic (exact) mass is 1580 g/mol. The van der Waals surface area contributed by atoms with Gasteiger partial charge in [-0.3, -0.25) is 9.59 Å². The molecule has 0 radical (unpaired) electrons. The fourth-order valence-corrected chi connectivity index (χ4v) is 15.3. The molecule has 24 heteroatoms. The van der Waals surface area contributed by atoms with E-state index in [-0.39, 0.29) is 59.5 Å². The van der Waals surface area contributed by atoms with Gasteiger partial charge in [-0.05, 0) is 72.2 Å². The van der Waals surface area contributed by atoms with Crippen molar-refractivity contribution in [2.24, 2.45) is 0 Å². The van der Waals surface area contributed by atoms with E-state index < -0.39 is 172 Å². The number of benzene rings is 8. The Balaban J connectivity index is 0.915. The lowest BCUT2D eigenvalue weighted by Gasteiger charge is -2.52. The van der Waals surface area contributed by atoms with E-state index in [1.807, 2.05) is 250 Å². The first-order valence-corrected chi connectivity index (χ1v) is 39.6. The van der Waals surface area contributed by atoms with Gasteiger partial charge in [0, 0.05) is 13.8 Å². The van der Waals surface area contributed by atoms with E-state index in [1.165, 1.54) is 13.8 Å². The van der Waals surface area contributed by atoms with E-state index in [0.717, 1.165) is 44.5 Å². The number of hydrogen-bond acceptors (Lipinski definition) is 23. The van der Waals surface area contributed by atoms with Crippen molar-refractivity contribution in [3.05, 3.63) is 287 Å². The highest BCUT2D eigenvalue weighted by molar-refractivity contribution is 5.73. The Kier molecular flexibility index (Phi) is 31.2. The van der Waals surface area contributed by atoms with Crippen LogP contribution in [0, 0.1) is 0 Å². The molecular formula is C91H107NO23. The van der Waals surface area contributed by atoms with Gasteiger partial charge in [-0.2, -0.15) is 0 Å². The average Bonchev–Trinajstić information content (AvgIpc) is 0.717. The van der Waals surface area contributed by atoms with Crippen molar-refractivity contribution in [3.63, 3.8) is 0 Å². The minimum atomic E-state index is -1.79. The third kappa shape index (κ3) is 23.0. The van der Waals surface area contributed by atoms with Crippen LogP contribution in [-0.4, -0.2) is 194 Å². The predicted molar refractivity (Wildman–Crippen MR) is 419 cm³/mol. The van der Waals surface area contributed by atoms with Gasteiger partial charge in [0.1, 0.15) is 91.6 Å². The van der Waals surface area contributed by atoms with Crippen LogP contribution in [0.5, 0.6) is 0 Å². The van der Waals surface area contributed by atoms with Gasteiger partial charge in [-0.25, -0.2) is 0 Å². The first-order chi connectivity index (χ1) is 56.1. The molecule has 115 heavy (non-hydrogen) atoms. The van der Waals surface area contributed by atoms with Gasteiger partial charge >= 0.3 is 5.97 Å². The van der Waals surface area contributed by atoms with E-state index in [4.69, 9.17) is 85.3 Å². The highest BCUT2D eigenvalue weighted by atomic mass is 16.8. The van der Waals surface area contributed by atoms with Crippen LogP contribution < -0.4 is 5.32 Å². The van der Waals surface area contributed by atoms with E-state index in [1.54, 1.807) is 20.8 Å². The number of hydrogen-bond donors (Lipinski definition) is 4. The van der Waals surface area contributed by atoms with Gasteiger partial charge in [0.25, 0.3) is 0 Å². The zero-order valence-electron chi connectivity index (χ0n) is 65.6. The van der Waals surface area contributed by atoms with E-state index in [2.05, 4.69) is 5.32 Å². The number of aliphatic hydroxyl groups is 3. The number of esters is 1. The van der Waals surface area contributed by atoms with Crippen LogP contribution in [0.2, 0.25) is 0 Å². The normalized spacial score (nSPS) is 31.6. The lowest BCUT2D eigenvalue weighted by Crippen LogP contribution is -2.69. The SMILES string of the molecule is CC(=O)NC1[C@H](C)OC(CO)[C@H](O)[C@@H]1O[C@@H]1OC(C)[C@H](OCc2ccccc2)[C@@H](O[C@@H]2OC(C)[C@H](OCc3ccccc3)[C@@H](OCc3ccccc3)C2O[C@@H]2OC(C)[C@H](OCc3ccccc3)[C@@H](O[C@H]3O[C@H](COCc4ccccc4)[C@@H](OCc4ccccc4)C(OCc4ccccc4)C3OCc3ccccc3)C2O)C1OC(C)=O. The first kappa shape index (κ1) is 84.8. The quantitative estimate of drug-likeness (QED) is 0.0266. The number of rotatable bonds is 36. The Bertz CT molecular complexity index is 4140. The zero-order valence-corrected chi connectivity index (χ0v) is 65.6. The summed E-state index contributed by atoms with van der Waals surface area (Å²) in [4.78, 5) is 26.9. The third-order valence-electron chi connectivity index (χ3n) is 21.2.